The summed E-state index contributed by atoms with van der Waals surface area (Å²) >= 11 is 0. The molecule has 1 unspecified atom stereocenters. The van der Waals surface area contributed by atoms with Crippen LogP contribution in [-0.4, -0.2) is 29.0 Å². The van der Waals surface area contributed by atoms with Crippen molar-refractivity contribution in [2.75, 3.05) is 18.9 Å². The van der Waals surface area contributed by atoms with Crippen LogP contribution in [0.25, 0.3) is 0 Å². The highest BCUT2D eigenvalue weighted by Gasteiger charge is 2.21. The number of amides is 1. The third kappa shape index (κ3) is 2.94. The van der Waals surface area contributed by atoms with Crippen molar-refractivity contribution in [2.24, 2.45) is 5.92 Å². The number of para-hydroxylation sites is 1. The van der Waals surface area contributed by atoms with Crippen LogP contribution in [0.3, 0.4) is 0 Å². The lowest BCUT2D eigenvalue weighted by molar-refractivity contribution is 0.0934. The molecule has 0 fully saturated rings. The van der Waals surface area contributed by atoms with Crippen molar-refractivity contribution in [3.05, 3.63) is 47.9 Å². The van der Waals surface area contributed by atoms with Gasteiger partial charge in [0.15, 0.2) is 11.5 Å². The molecule has 0 saturated carbocycles. The van der Waals surface area contributed by atoms with Gasteiger partial charge in [-0.15, -0.1) is 0 Å². The number of rotatable bonds is 3. The fraction of sp³-hybridized carbons (Fsp3) is 0.267. The van der Waals surface area contributed by atoms with Gasteiger partial charge in [-0.1, -0.05) is 18.2 Å². The highest BCUT2D eigenvalue weighted by Crippen LogP contribution is 2.26. The highest BCUT2D eigenvalue weighted by molar-refractivity contribution is 5.96. The van der Waals surface area contributed by atoms with Crippen molar-refractivity contribution in [2.45, 2.75) is 6.42 Å². The molecular formula is C15H16N4O2. The van der Waals surface area contributed by atoms with Crippen LogP contribution < -0.4 is 15.8 Å². The SMILES string of the molecule is Nc1nccnc1C(=O)NCC1COc2ccccc2C1. The standard InChI is InChI=1S/C15H16N4O2/c16-14-13(17-5-6-18-14)15(20)19-8-10-7-11-3-1-2-4-12(11)21-9-10/h1-6,10H,7-9H2,(H2,16,18)(H,19,20). The topological polar surface area (TPSA) is 90.1 Å². The van der Waals surface area contributed by atoms with Gasteiger partial charge in [0.2, 0.25) is 0 Å². The summed E-state index contributed by atoms with van der Waals surface area (Å²) in [6, 6.07) is 7.95. The normalized spacial score (nSPS) is 16.7. The first-order valence-corrected chi connectivity index (χ1v) is 6.79. The molecule has 0 aliphatic carbocycles. The number of hydrogen-bond acceptors (Lipinski definition) is 5. The number of carbonyl (C=O) groups excluding carboxylic acids is 1. The number of hydrogen-bond donors (Lipinski definition) is 2. The molecule has 1 aliphatic heterocycles. The molecule has 0 spiro atoms. The van der Waals surface area contributed by atoms with Gasteiger partial charge in [-0.2, -0.15) is 0 Å². The molecule has 2 aromatic rings. The highest BCUT2D eigenvalue weighted by atomic mass is 16.5. The third-order valence-corrected chi connectivity index (χ3v) is 3.45. The zero-order chi connectivity index (χ0) is 14.7. The molecular weight excluding hydrogens is 268 g/mol. The summed E-state index contributed by atoms with van der Waals surface area (Å²) in [4.78, 5) is 19.8. The molecule has 0 bridgehead atoms. The van der Waals surface area contributed by atoms with Crippen LogP contribution in [0.2, 0.25) is 0 Å². The average Bonchev–Trinajstić information content (AvgIpc) is 2.53. The summed E-state index contributed by atoms with van der Waals surface area (Å²) in [5, 5.41) is 2.84. The molecule has 0 saturated heterocycles. The first kappa shape index (κ1) is 13.4. The summed E-state index contributed by atoms with van der Waals surface area (Å²) in [6.07, 6.45) is 3.79. The summed E-state index contributed by atoms with van der Waals surface area (Å²) < 4.78 is 5.69. The second-order valence-electron chi connectivity index (χ2n) is 4.99. The van der Waals surface area contributed by atoms with E-state index in [1.807, 2.05) is 24.3 Å². The number of fused-ring (bicyclic) bond motifs is 1. The fourth-order valence-corrected chi connectivity index (χ4v) is 2.37. The Hall–Kier alpha value is -2.63. The van der Waals surface area contributed by atoms with Gasteiger partial charge in [0.25, 0.3) is 5.91 Å². The van der Waals surface area contributed by atoms with Gasteiger partial charge in [-0.05, 0) is 18.1 Å². The van der Waals surface area contributed by atoms with E-state index >= 15 is 0 Å². The Morgan fingerprint density at radius 2 is 2.14 bits per heavy atom. The average molecular weight is 284 g/mol. The van der Waals surface area contributed by atoms with Crippen LogP contribution in [0.4, 0.5) is 5.82 Å². The molecule has 1 atom stereocenters. The predicted molar refractivity (Wildman–Crippen MR) is 77.9 cm³/mol. The lowest BCUT2D eigenvalue weighted by Gasteiger charge is -2.25. The first-order valence-electron chi connectivity index (χ1n) is 6.79. The molecule has 6 heteroatoms. The maximum atomic E-state index is 12.0. The van der Waals surface area contributed by atoms with E-state index < -0.39 is 0 Å². The second-order valence-corrected chi connectivity index (χ2v) is 4.99. The van der Waals surface area contributed by atoms with Crippen molar-refractivity contribution in [3.63, 3.8) is 0 Å². The van der Waals surface area contributed by atoms with E-state index in [0.717, 1.165) is 12.2 Å². The van der Waals surface area contributed by atoms with E-state index in [1.54, 1.807) is 0 Å². The van der Waals surface area contributed by atoms with Gasteiger partial charge < -0.3 is 15.8 Å². The van der Waals surface area contributed by atoms with Crippen LogP contribution in [0, 0.1) is 5.92 Å². The van der Waals surface area contributed by atoms with E-state index in [-0.39, 0.29) is 23.3 Å². The molecule has 3 N–H and O–H groups in total. The quantitative estimate of drug-likeness (QED) is 0.879. The summed E-state index contributed by atoms with van der Waals surface area (Å²) in [5.74, 6) is 1.000. The van der Waals surface area contributed by atoms with Crippen LogP contribution in [0.15, 0.2) is 36.7 Å². The van der Waals surface area contributed by atoms with Crippen molar-refractivity contribution in [1.82, 2.24) is 15.3 Å². The first-order chi connectivity index (χ1) is 10.2. The van der Waals surface area contributed by atoms with Crippen molar-refractivity contribution < 1.29 is 9.53 Å². The zero-order valence-electron chi connectivity index (χ0n) is 11.5. The Morgan fingerprint density at radius 3 is 3.00 bits per heavy atom. The Bertz CT molecular complexity index is 660. The van der Waals surface area contributed by atoms with Gasteiger partial charge in [-0.3, -0.25) is 4.79 Å². The van der Waals surface area contributed by atoms with Crippen molar-refractivity contribution >= 4 is 11.7 Å². The van der Waals surface area contributed by atoms with E-state index in [4.69, 9.17) is 10.5 Å². The predicted octanol–water partition coefficient (Wildman–Crippen LogP) is 1.04. The Morgan fingerprint density at radius 1 is 1.33 bits per heavy atom. The van der Waals surface area contributed by atoms with Crippen molar-refractivity contribution in [1.29, 1.82) is 0 Å². The van der Waals surface area contributed by atoms with E-state index in [1.165, 1.54) is 18.0 Å². The minimum absolute atomic E-state index is 0.139. The number of carbonyl (C=O) groups is 1. The monoisotopic (exact) mass is 284 g/mol. The lowest BCUT2D eigenvalue weighted by Crippen LogP contribution is -2.35. The largest absolute Gasteiger partial charge is 0.493 e. The van der Waals surface area contributed by atoms with E-state index in [9.17, 15) is 4.79 Å². The maximum Gasteiger partial charge on any atom is 0.273 e. The van der Waals surface area contributed by atoms with E-state index in [0.29, 0.717) is 13.2 Å². The molecule has 1 aromatic carbocycles. The maximum absolute atomic E-state index is 12.0. The molecule has 1 aromatic heterocycles. The number of nitrogens with one attached hydrogen (secondary N) is 1. The Kier molecular flexibility index (Phi) is 3.68. The number of nitrogen functional groups attached to an aromatic ring is 1. The minimum Gasteiger partial charge on any atom is -0.493 e. The Balaban J connectivity index is 1.59. The number of ether oxygens (including phenoxy) is 1. The molecule has 3 rings (SSSR count). The smallest absolute Gasteiger partial charge is 0.273 e. The second kappa shape index (κ2) is 5.78. The van der Waals surface area contributed by atoms with Crippen LogP contribution >= 0.6 is 0 Å². The number of nitrogens with zero attached hydrogens (tertiary/aromatic N) is 2. The van der Waals surface area contributed by atoms with Gasteiger partial charge in [0, 0.05) is 24.9 Å². The summed E-state index contributed by atoms with van der Waals surface area (Å²) in [5.41, 5.74) is 6.96. The fourth-order valence-electron chi connectivity index (χ4n) is 2.37. The molecule has 2 heterocycles. The number of nitrogens with two attached hydrogens (primary N) is 1. The van der Waals surface area contributed by atoms with E-state index in [2.05, 4.69) is 15.3 Å². The zero-order valence-corrected chi connectivity index (χ0v) is 11.5. The van der Waals surface area contributed by atoms with Gasteiger partial charge >= 0.3 is 0 Å². The third-order valence-electron chi connectivity index (χ3n) is 3.45. The van der Waals surface area contributed by atoms with Gasteiger partial charge in [0.1, 0.15) is 5.75 Å². The minimum atomic E-state index is -0.306. The van der Waals surface area contributed by atoms with Crippen LogP contribution in [-0.2, 0) is 6.42 Å². The molecule has 6 nitrogen and oxygen atoms in total. The molecule has 108 valence electrons. The van der Waals surface area contributed by atoms with Gasteiger partial charge in [0.05, 0.1) is 6.61 Å². The molecule has 1 aliphatic rings. The van der Waals surface area contributed by atoms with Crippen LogP contribution in [0.1, 0.15) is 16.1 Å². The lowest BCUT2D eigenvalue weighted by atomic mass is 9.97. The molecule has 1 amide bonds. The Labute approximate surface area is 122 Å². The number of anilines is 1. The number of aromatic nitrogens is 2. The molecule has 21 heavy (non-hydrogen) atoms. The molecule has 0 radical (unpaired) electrons. The summed E-state index contributed by atoms with van der Waals surface area (Å²) in [6.45, 7) is 1.11. The van der Waals surface area contributed by atoms with Gasteiger partial charge in [-0.25, -0.2) is 9.97 Å². The van der Waals surface area contributed by atoms with Crippen molar-refractivity contribution in [3.8, 4) is 5.75 Å². The summed E-state index contributed by atoms with van der Waals surface area (Å²) in [7, 11) is 0. The van der Waals surface area contributed by atoms with Crippen LogP contribution in [0.5, 0.6) is 5.75 Å². The number of benzene rings is 1.